The van der Waals surface area contributed by atoms with E-state index in [1.165, 1.54) is 18.7 Å². The van der Waals surface area contributed by atoms with E-state index in [0.717, 1.165) is 4.90 Å². The van der Waals surface area contributed by atoms with Crippen LogP contribution in [0.4, 0.5) is 0 Å². The molecule has 0 unspecified atom stereocenters. The van der Waals surface area contributed by atoms with E-state index in [2.05, 4.69) is 42.5 Å². The molecule has 78 heavy (non-hydrogen) atoms. The van der Waals surface area contributed by atoms with Crippen LogP contribution in [-0.4, -0.2) is 191 Å². The average molecular weight is 1120 g/mol. The third-order valence-electron chi connectivity index (χ3n) is 12.5. The van der Waals surface area contributed by atoms with Crippen molar-refractivity contribution in [2.24, 2.45) is 28.9 Å². The molecule has 0 bridgehead atoms. The number of thioether (sulfide) groups is 1. The molecule has 1 heterocycles. The number of carboxylic acid groups (broad SMARTS) is 1. The maximum absolute atomic E-state index is 14.3. The van der Waals surface area contributed by atoms with Gasteiger partial charge in [0.15, 0.2) is 0 Å². The van der Waals surface area contributed by atoms with Crippen molar-refractivity contribution >= 4 is 76.8 Å². The Labute approximate surface area is 458 Å². The molecule has 0 spiro atoms. The van der Waals surface area contributed by atoms with E-state index in [1.54, 1.807) is 50.4 Å². The first kappa shape index (κ1) is 67.6. The minimum Gasteiger partial charge on any atom is -0.480 e. The van der Waals surface area contributed by atoms with Crippen LogP contribution in [0.15, 0.2) is 30.3 Å². The van der Waals surface area contributed by atoms with Gasteiger partial charge < -0.3 is 85.7 Å². The van der Waals surface area contributed by atoms with Gasteiger partial charge in [-0.15, -0.1) is 0 Å². The normalized spacial score (nSPS) is 16.6. The average Bonchev–Trinajstić information content (AvgIpc) is 3.89. The predicted molar refractivity (Wildman–Crippen MR) is 288 cm³/mol. The lowest BCUT2D eigenvalue weighted by molar-refractivity contribution is -0.143. The highest BCUT2D eigenvalue weighted by atomic mass is 32.2. The van der Waals surface area contributed by atoms with Crippen molar-refractivity contribution in [2.75, 3.05) is 44.8 Å². The van der Waals surface area contributed by atoms with E-state index in [-0.39, 0.29) is 57.5 Å². The first-order valence-electron chi connectivity index (χ1n) is 26.2. The molecule has 1 aliphatic rings. The summed E-state index contributed by atoms with van der Waals surface area (Å²) in [5.74, 6) is -9.51. The van der Waals surface area contributed by atoms with Gasteiger partial charge in [-0.2, -0.15) is 11.8 Å². The molecule has 19 N–H and O–H groups in total. The maximum Gasteiger partial charge on any atom is 0.326 e. The van der Waals surface area contributed by atoms with Crippen molar-refractivity contribution in [1.82, 2.24) is 47.4 Å². The topological polar surface area (TPSA) is 452 Å². The van der Waals surface area contributed by atoms with Crippen molar-refractivity contribution in [1.29, 1.82) is 0 Å². The van der Waals surface area contributed by atoms with Crippen LogP contribution in [0.5, 0.6) is 0 Å². The predicted octanol–water partition coefficient (Wildman–Crippen LogP) is -4.55. The number of aliphatic carboxylic acids is 1. The van der Waals surface area contributed by atoms with Gasteiger partial charge in [-0.3, -0.25) is 47.9 Å². The number of hydrogen-bond acceptors (Lipinski definition) is 17. The van der Waals surface area contributed by atoms with E-state index in [0.29, 0.717) is 50.0 Å². The van der Waals surface area contributed by atoms with Gasteiger partial charge in [0, 0.05) is 13.0 Å². The number of rotatable bonds is 37. The Morgan fingerprint density at radius 1 is 0.692 bits per heavy atom. The van der Waals surface area contributed by atoms with E-state index in [4.69, 9.17) is 22.9 Å². The van der Waals surface area contributed by atoms with Gasteiger partial charge in [0.25, 0.3) is 0 Å². The van der Waals surface area contributed by atoms with Crippen LogP contribution in [0.3, 0.4) is 0 Å². The number of primary amides is 1. The third kappa shape index (κ3) is 24.1. The number of aliphatic hydroxyl groups is 2. The summed E-state index contributed by atoms with van der Waals surface area (Å²) < 4.78 is 0. The highest BCUT2D eigenvalue weighted by molar-refractivity contribution is 7.98. The number of carbonyl (C=O) groups excluding carboxylic acids is 10. The number of nitrogens with one attached hydrogen (secondary N) is 8. The molecule has 1 fully saturated rings. The molecule has 1 aromatic rings. The molecule has 28 heteroatoms. The first-order valence-corrected chi connectivity index (χ1v) is 27.6. The second kappa shape index (κ2) is 35.9. The molecular formula is C50H83N13O14S. The minimum absolute atomic E-state index is 0.0159. The largest absolute Gasteiger partial charge is 0.480 e. The SMILES string of the molecule is CSCC[C@H](NC(=O)[C@H](Cc1ccccc1)NC(=O)[C@H](CC(C)C)NC(=O)[C@@H]1CCCN1C(=O)[C@H](CO)NC(=O)[C@H](CCCCN)NC(=O)[C@@H](NC(=O)[C@@H](N)CC(N)=O)[C@@H](C)O)C(=O)NCC(=O)N[C@@H](CCCCN)C(=O)O. The Morgan fingerprint density at radius 3 is 1.82 bits per heavy atom. The van der Waals surface area contributed by atoms with E-state index < -0.39 is 145 Å². The van der Waals surface area contributed by atoms with Gasteiger partial charge in [-0.25, -0.2) is 4.79 Å². The van der Waals surface area contributed by atoms with Gasteiger partial charge in [0.05, 0.1) is 31.7 Å². The highest BCUT2D eigenvalue weighted by Crippen LogP contribution is 2.20. The smallest absolute Gasteiger partial charge is 0.326 e. The van der Waals surface area contributed by atoms with Gasteiger partial charge in [0.1, 0.15) is 48.3 Å². The number of carbonyl (C=O) groups is 11. The van der Waals surface area contributed by atoms with Crippen LogP contribution in [0, 0.1) is 5.92 Å². The molecule has 1 aliphatic heterocycles. The van der Waals surface area contributed by atoms with Gasteiger partial charge in [-0.1, -0.05) is 44.2 Å². The molecule has 0 aliphatic carbocycles. The Hall–Kier alpha value is -6.46. The summed E-state index contributed by atoms with van der Waals surface area (Å²) in [7, 11) is 0. The summed E-state index contributed by atoms with van der Waals surface area (Å²) in [4.78, 5) is 147. The van der Waals surface area contributed by atoms with Gasteiger partial charge >= 0.3 is 5.97 Å². The number of nitrogens with two attached hydrogens (primary N) is 4. The number of likely N-dealkylation sites (tertiary alicyclic amines) is 1. The Bertz CT molecular complexity index is 2160. The molecule has 1 saturated heterocycles. The van der Waals surface area contributed by atoms with Crippen molar-refractivity contribution in [2.45, 2.75) is 158 Å². The summed E-state index contributed by atoms with van der Waals surface area (Å²) in [6.07, 6.45) is 2.10. The van der Waals surface area contributed by atoms with Gasteiger partial charge in [-0.05, 0) is 108 Å². The van der Waals surface area contributed by atoms with Crippen LogP contribution in [0.1, 0.15) is 97.0 Å². The van der Waals surface area contributed by atoms with E-state index >= 15 is 0 Å². The minimum atomic E-state index is -1.65. The molecule has 0 saturated carbocycles. The summed E-state index contributed by atoms with van der Waals surface area (Å²) in [5, 5.41) is 50.5. The monoisotopic (exact) mass is 1120 g/mol. The highest BCUT2D eigenvalue weighted by Gasteiger charge is 2.41. The van der Waals surface area contributed by atoms with Crippen molar-refractivity contribution in [3.63, 3.8) is 0 Å². The lowest BCUT2D eigenvalue weighted by Gasteiger charge is -2.31. The first-order chi connectivity index (χ1) is 37.0. The lowest BCUT2D eigenvalue weighted by atomic mass is 10.00. The number of carboxylic acids is 1. The van der Waals surface area contributed by atoms with Crippen molar-refractivity contribution < 1.29 is 68.1 Å². The van der Waals surface area contributed by atoms with Crippen LogP contribution in [-0.2, 0) is 59.2 Å². The molecular weight excluding hydrogens is 1040 g/mol. The zero-order valence-electron chi connectivity index (χ0n) is 45.0. The molecule has 0 radical (unpaired) electrons. The maximum atomic E-state index is 14.3. The number of nitrogens with zero attached hydrogens (tertiary/aromatic N) is 1. The Balaban J connectivity index is 2.32. The number of amides is 10. The molecule has 0 aromatic heterocycles. The fourth-order valence-corrected chi connectivity index (χ4v) is 8.80. The Morgan fingerprint density at radius 2 is 1.26 bits per heavy atom. The molecule has 1 aromatic carbocycles. The fraction of sp³-hybridized carbons (Fsp3) is 0.660. The summed E-state index contributed by atoms with van der Waals surface area (Å²) in [6, 6.07) is -3.60. The lowest BCUT2D eigenvalue weighted by Crippen LogP contribution is -2.61. The van der Waals surface area contributed by atoms with Crippen LogP contribution in [0.2, 0.25) is 0 Å². The summed E-state index contributed by atoms with van der Waals surface area (Å²) >= 11 is 1.39. The summed E-state index contributed by atoms with van der Waals surface area (Å²) in [6.45, 7) is 3.85. The molecule has 27 nitrogen and oxygen atoms in total. The quantitative estimate of drug-likeness (QED) is 0.0279. The zero-order chi connectivity index (χ0) is 58.5. The third-order valence-corrected chi connectivity index (χ3v) is 13.2. The number of unbranched alkanes of at least 4 members (excludes halogenated alkanes) is 2. The number of hydrogen-bond donors (Lipinski definition) is 15. The van der Waals surface area contributed by atoms with Crippen molar-refractivity contribution in [3.8, 4) is 0 Å². The molecule has 10 atom stereocenters. The van der Waals surface area contributed by atoms with E-state index in [9.17, 15) is 68.1 Å². The Kier molecular flexibility index (Phi) is 31.1. The molecule has 10 amide bonds. The zero-order valence-corrected chi connectivity index (χ0v) is 45.8. The number of aliphatic hydroxyl groups excluding tert-OH is 2. The standard InChI is InChI=1S/C50H83N13O14S/c1-28(2)23-35(45(71)59-36(24-30-13-6-5-7-14-30)46(72)57-33(18-22-78-4)43(69)55-26-40(67)56-34(50(76)77)16-9-11-20-52)60-47(73)38-17-12-21-63(38)49(75)37(27-64)61-44(70)32(15-8-10-19-51)58-48(74)41(29(3)65)62-42(68)31(53)25-39(54)66/h5-7,13-14,28-29,31-38,41,64-65H,8-12,15-27,51-53H2,1-4H3,(H2,54,66)(H,55,69)(H,56,67)(H,57,72)(H,58,74)(H,59,71)(H,60,73)(H,61,70)(H,62,68)(H,76,77)/t29-,31+,32+,33+,34+,35+,36+,37+,38+,41+/m1/s1. The molecule has 2 rings (SSSR count). The fourth-order valence-electron chi connectivity index (χ4n) is 8.32. The number of benzene rings is 1. The van der Waals surface area contributed by atoms with Crippen LogP contribution >= 0.6 is 11.8 Å². The van der Waals surface area contributed by atoms with Gasteiger partial charge in [0.2, 0.25) is 59.1 Å². The summed E-state index contributed by atoms with van der Waals surface area (Å²) in [5.41, 5.74) is 22.6. The van der Waals surface area contributed by atoms with Crippen LogP contribution in [0.25, 0.3) is 0 Å². The second-order valence-electron chi connectivity index (χ2n) is 19.5. The van der Waals surface area contributed by atoms with Crippen molar-refractivity contribution in [3.05, 3.63) is 35.9 Å². The van der Waals surface area contributed by atoms with E-state index in [1.807, 2.05) is 0 Å². The molecule has 438 valence electrons. The van der Waals surface area contributed by atoms with Crippen LogP contribution < -0.4 is 65.5 Å². The second-order valence-corrected chi connectivity index (χ2v) is 20.5.